The first-order chi connectivity index (χ1) is 20.5. The number of rotatable bonds is 10. The van der Waals surface area contributed by atoms with Crippen molar-refractivity contribution < 1.29 is 29.1 Å². The SMILES string of the molecule is O=C(O)[C@H]1C[C@@H](O)CN1Cc1c(OCc2cccnc2)cc(OCc2cccc(-c3ccccc3)c2Br)c2nonc12. The second-order valence-corrected chi connectivity index (χ2v) is 10.9. The van der Waals surface area contributed by atoms with Gasteiger partial charge in [-0.15, -0.1) is 0 Å². The lowest BCUT2D eigenvalue weighted by Gasteiger charge is -2.23. The third-order valence-corrected chi connectivity index (χ3v) is 8.20. The first-order valence-electron chi connectivity index (χ1n) is 13.4. The van der Waals surface area contributed by atoms with Gasteiger partial charge in [-0.3, -0.25) is 14.7 Å². The van der Waals surface area contributed by atoms with E-state index in [1.165, 1.54) is 0 Å². The highest BCUT2D eigenvalue weighted by molar-refractivity contribution is 9.10. The molecule has 0 bridgehead atoms. The Labute approximate surface area is 249 Å². The minimum absolute atomic E-state index is 0.138. The molecule has 1 aliphatic rings. The number of aromatic nitrogens is 3. The molecule has 1 saturated heterocycles. The Morgan fingerprint density at radius 2 is 1.81 bits per heavy atom. The number of β-amino-alcohol motifs (C(OH)–C–C–N with tert-alkyl or cyclic N) is 1. The van der Waals surface area contributed by atoms with Crippen LogP contribution in [0.4, 0.5) is 0 Å². The average Bonchev–Trinajstić information content (AvgIpc) is 3.65. The van der Waals surface area contributed by atoms with Crippen LogP contribution in [0.1, 0.15) is 23.1 Å². The number of hydrogen-bond acceptors (Lipinski definition) is 9. The predicted molar refractivity (Wildman–Crippen MR) is 157 cm³/mol. The van der Waals surface area contributed by atoms with Crippen molar-refractivity contribution in [2.75, 3.05) is 6.54 Å². The third-order valence-electron chi connectivity index (χ3n) is 7.26. The number of pyridine rings is 1. The van der Waals surface area contributed by atoms with Crippen molar-refractivity contribution in [2.24, 2.45) is 0 Å². The van der Waals surface area contributed by atoms with Gasteiger partial charge in [0.1, 0.15) is 30.5 Å². The molecule has 1 fully saturated rings. The number of likely N-dealkylation sites (tertiary alicyclic amines) is 1. The molecular weight excluding hydrogens is 604 g/mol. The molecule has 214 valence electrons. The molecule has 0 aliphatic carbocycles. The van der Waals surface area contributed by atoms with Crippen molar-refractivity contribution in [3.05, 3.63) is 100 Å². The minimum atomic E-state index is -0.998. The highest BCUT2D eigenvalue weighted by atomic mass is 79.9. The molecule has 0 saturated carbocycles. The van der Waals surface area contributed by atoms with Gasteiger partial charge in [-0.2, -0.15) is 0 Å². The lowest BCUT2D eigenvalue weighted by molar-refractivity contribution is -0.142. The zero-order valence-electron chi connectivity index (χ0n) is 22.4. The van der Waals surface area contributed by atoms with E-state index < -0.39 is 18.1 Å². The maximum absolute atomic E-state index is 11.9. The molecule has 42 heavy (non-hydrogen) atoms. The Hall–Kier alpha value is -4.32. The van der Waals surface area contributed by atoms with Crippen LogP contribution in [-0.2, 0) is 24.6 Å². The first-order valence-corrected chi connectivity index (χ1v) is 14.2. The summed E-state index contributed by atoms with van der Waals surface area (Å²) < 4.78 is 18.6. The Morgan fingerprint density at radius 3 is 2.60 bits per heavy atom. The number of aliphatic hydroxyl groups excluding tert-OH is 1. The summed E-state index contributed by atoms with van der Waals surface area (Å²) in [6, 6.07) is 20.7. The summed E-state index contributed by atoms with van der Waals surface area (Å²) in [4.78, 5) is 17.8. The topological polar surface area (TPSA) is 131 Å². The molecule has 6 rings (SSSR count). The number of hydrogen-bond donors (Lipinski definition) is 2. The van der Waals surface area contributed by atoms with Crippen LogP contribution in [0, 0.1) is 0 Å². The molecule has 2 atom stereocenters. The van der Waals surface area contributed by atoms with Crippen molar-refractivity contribution >= 4 is 32.9 Å². The molecule has 2 aromatic heterocycles. The number of carboxylic acids is 1. The number of aliphatic carboxylic acids is 1. The monoisotopic (exact) mass is 630 g/mol. The summed E-state index contributed by atoms with van der Waals surface area (Å²) in [7, 11) is 0. The molecule has 3 heterocycles. The van der Waals surface area contributed by atoms with Gasteiger partial charge in [0.05, 0.1) is 6.10 Å². The van der Waals surface area contributed by atoms with E-state index in [0.29, 0.717) is 28.1 Å². The van der Waals surface area contributed by atoms with Crippen LogP contribution < -0.4 is 9.47 Å². The fraction of sp³-hybridized carbons (Fsp3) is 0.226. The molecule has 5 aromatic rings. The van der Waals surface area contributed by atoms with E-state index in [0.717, 1.165) is 26.7 Å². The standard InChI is InChI=1S/C31H27BrN4O6/c32-28-21(9-4-10-23(28)20-7-2-1-3-8-20)18-41-27-13-26(40-17-19-6-5-11-33-14-19)24(29-30(27)35-42-34-29)16-36-15-22(37)12-25(36)31(38)39/h1-11,13-14,22,25,37H,12,15-18H2,(H,38,39)/t22-,25-/m1/s1. The van der Waals surface area contributed by atoms with Crippen LogP contribution >= 0.6 is 15.9 Å². The third kappa shape index (κ3) is 5.85. The van der Waals surface area contributed by atoms with E-state index in [9.17, 15) is 15.0 Å². The van der Waals surface area contributed by atoms with Crippen LogP contribution in [0.25, 0.3) is 22.2 Å². The fourth-order valence-electron chi connectivity index (χ4n) is 5.18. The molecule has 3 aromatic carbocycles. The van der Waals surface area contributed by atoms with Gasteiger partial charge in [0, 0.05) is 59.1 Å². The number of ether oxygens (including phenoxy) is 2. The molecule has 1 aliphatic heterocycles. The lowest BCUT2D eigenvalue weighted by Crippen LogP contribution is -2.35. The van der Waals surface area contributed by atoms with Crippen LogP contribution in [0.3, 0.4) is 0 Å². The minimum Gasteiger partial charge on any atom is -0.488 e. The maximum atomic E-state index is 11.9. The zero-order valence-corrected chi connectivity index (χ0v) is 24.0. The fourth-order valence-corrected chi connectivity index (χ4v) is 5.78. The lowest BCUT2D eigenvalue weighted by atomic mass is 10.0. The Balaban J connectivity index is 1.33. The summed E-state index contributed by atoms with van der Waals surface area (Å²) in [6.07, 6.45) is 2.79. The molecule has 0 amide bonds. The predicted octanol–water partition coefficient (Wildman–Crippen LogP) is 5.23. The molecular formula is C31H27BrN4O6. The number of aliphatic hydroxyl groups is 1. The van der Waals surface area contributed by atoms with Crippen molar-refractivity contribution in [1.82, 2.24) is 20.2 Å². The van der Waals surface area contributed by atoms with E-state index in [2.05, 4.69) is 31.2 Å². The second kappa shape index (κ2) is 12.3. The molecule has 0 spiro atoms. The first kappa shape index (κ1) is 27.8. The molecule has 0 radical (unpaired) electrons. The number of benzene rings is 3. The largest absolute Gasteiger partial charge is 0.488 e. The number of nitrogens with zero attached hydrogens (tertiary/aromatic N) is 4. The normalized spacial score (nSPS) is 17.0. The van der Waals surface area contributed by atoms with E-state index in [4.69, 9.17) is 14.1 Å². The summed E-state index contributed by atoms with van der Waals surface area (Å²) >= 11 is 3.75. The molecule has 2 N–H and O–H groups in total. The maximum Gasteiger partial charge on any atom is 0.321 e. The Morgan fingerprint density at radius 1 is 1.00 bits per heavy atom. The van der Waals surface area contributed by atoms with Crippen LogP contribution in [-0.4, -0.2) is 55.1 Å². The highest BCUT2D eigenvalue weighted by Crippen LogP contribution is 2.38. The van der Waals surface area contributed by atoms with Gasteiger partial charge in [0.25, 0.3) is 0 Å². The summed E-state index contributed by atoms with van der Waals surface area (Å²) in [5.74, 6) is -0.147. The van der Waals surface area contributed by atoms with Gasteiger partial charge >= 0.3 is 5.97 Å². The van der Waals surface area contributed by atoms with Crippen LogP contribution in [0.15, 0.2) is 88.2 Å². The number of fused-ring (bicyclic) bond motifs is 1. The highest BCUT2D eigenvalue weighted by Gasteiger charge is 2.37. The summed E-state index contributed by atoms with van der Waals surface area (Å²) in [6.45, 7) is 0.804. The molecule has 0 unspecified atom stereocenters. The van der Waals surface area contributed by atoms with Gasteiger partial charge in [-0.25, -0.2) is 4.63 Å². The van der Waals surface area contributed by atoms with Crippen molar-refractivity contribution in [2.45, 2.75) is 38.3 Å². The van der Waals surface area contributed by atoms with Crippen molar-refractivity contribution in [3.8, 4) is 22.6 Å². The molecule has 10 nitrogen and oxygen atoms in total. The van der Waals surface area contributed by atoms with Gasteiger partial charge in [0.15, 0.2) is 11.3 Å². The van der Waals surface area contributed by atoms with Crippen LogP contribution in [0.5, 0.6) is 11.5 Å². The zero-order chi connectivity index (χ0) is 29.1. The van der Waals surface area contributed by atoms with Crippen molar-refractivity contribution in [3.63, 3.8) is 0 Å². The Bertz CT molecular complexity index is 1700. The Kier molecular flexibility index (Phi) is 8.13. The van der Waals surface area contributed by atoms with Gasteiger partial charge in [-0.1, -0.05) is 54.6 Å². The van der Waals surface area contributed by atoms with E-state index in [1.807, 2.05) is 60.7 Å². The number of carbonyl (C=O) groups is 1. The van der Waals surface area contributed by atoms with Gasteiger partial charge < -0.3 is 19.7 Å². The van der Waals surface area contributed by atoms with E-state index in [1.54, 1.807) is 23.4 Å². The number of halogens is 1. The molecule has 11 heteroatoms. The smallest absolute Gasteiger partial charge is 0.321 e. The van der Waals surface area contributed by atoms with Crippen LogP contribution in [0.2, 0.25) is 0 Å². The second-order valence-electron chi connectivity index (χ2n) is 10.1. The summed E-state index contributed by atoms with van der Waals surface area (Å²) in [5, 5.41) is 28.2. The number of carboxylic acid groups (broad SMARTS) is 1. The van der Waals surface area contributed by atoms with Crippen molar-refractivity contribution in [1.29, 1.82) is 0 Å². The van der Waals surface area contributed by atoms with E-state index >= 15 is 0 Å². The average molecular weight is 631 g/mol. The van der Waals surface area contributed by atoms with Gasteiger partial charge in [0.2, 0.25) is 0 Å². The van der Waals surface area contributed by atoms with E-state index in [-0.39, 0.29) is 32.7 Å². The quantitative estimate of drug-likeness (QED) is 0.211. The van der Waals surface area contributed by atoms with Gasteiger partial charge in [-0.05, 0) is 43.4 Å². The summed E-state index contributed by atoms with van der Waals surface area (Å²) in [5.41, 5.74) is 5.29.